The van der Waals surface area contributed by atoms with Crippen LogP contribution in [0.5, 0.6) is 0 Å². The molecule has 1 heterocycles. The summed E-state index contributed by atoms with van der Waals surface area (Å²) in [5, 5.41) is 12.4. The molecule has 0 saturated carbocycles. The van der Waals surface area contributed by atoms with Crippen LogP contribution in [0.4, 0.5) is 0 Å². The molecule has 0 spiro atoms. The van der Waals surface area contributed by atoms with E-state index in [1.54, 1.807) is 4.68 Å². The van der Waals surface area contributed by atoms with Crippen molar-refractivity contribution < 1.29 is 0 Å². The van der Waals surface area contributed by atoms with Crippen molar-refractivity contribution >= 4 is 0 Å². The molecule has 3 nitrogen and oxygen atoms in total. The van der Waals surface area contributed by atoms with Gasteiger partial charge in [-0.1, -0.05) is 0 Å². The molecule has 0 N–H and O–H groups in total. The molecule has 1 aromatic rings. The van der Waals surface area contributed by atoms with Gasteiger partial charge >= 0.3 is 0 Å². The van der Waals surface area contributed by atoms with E-state index in [0.29, 0.717) is 6.42 Å². The number of aryl methyl sites for hydroxylation is 2. The number of hydrogen-bond acceptors (Lipinski definition) is 2. The lowest BCUT2D eigenvalue weighted by atomic mass is 10.2. The van der Waals surface area contributed by atoms with Crippen LogP contribution in [0, 0.1) is 18.3 Å². The van der Waals surface area contributed by atoms with Crippen molar-refractivity contribution in [3.8, 4) is 6.07 Å². The molecule has 0 atom stereocenters. The maximum atomic E-state index is 8.35. The first kappa shape index (κ1) is 6.81. The van der Waals surface area contributed by atoms with E-state index in [1.165, 1.54) is 0 Å². The Morgan fingerprint density at radius 2 is 2.50 bits per heavy atom. The number of hydrogen-bond donors (Lipinski definition) is 0. The van der Waals surface area contributed by atoms with Crippen LogP contribution in [-0.2, 0) is 13.5 Å². The Kier molecular flexibility index (Phi) is 1.72. The van der Waals surface area contributed by atoms with Crippen LogP contribution >= 0.6 is 0 Å². The van der Waals surface area contributed by atoms with Gasteiger partial charge in [0.25, 0.3) is 0 Å². The van der Waals surface area contributed by atoms with Crippen molar-refractivity contribution in [3.63, 3.8) is 0 Å². The van der Waals surface area contributed by atoms with E-state index in [0.717, 1.165) is 11.3 Å². The molecule has 0 bridgehead atoms. The lowest BCUT2D eigenvalue weighted by Crippen LogP contribution is -1.89. The molecular weight excluding hydrogens is 126 g/mol. The van der Waals surface area contributed by atoms with Crippen LogP contribution in [0.2, 0.25) is 0 Å². The molecule has 0 aliphatic rings. The summed E-state index contributed by atoms with van der Waals surface area (Å²) >= 11 is 0. The summed E-state index contributed by atoms with van der Waals surface area (Å²) in [6.45, 7) is 1.96. The van der Waals surface area contributed by atoms with Gasteiger partial charge in [-0.25, -0.2) is 0 Å². The molecule has 52 valence electrons. The van der Waals surface area contributed by atoms with Gasteiger partial charge in [-0.15, -0.1) is 0 Å². The standard InChI is InChI=1S/C7H9N3/c1-6-5-10(2)9-7(6)3-4-8/h5H,3H2,1-2H3. The average Bonchev–Trinajstić information content (AvgIpc) is 2.13. The average molecular weight is 135 g/mol. The van der Waals surface area contributed by atoms with Gasteiger partial charge < -0.3 is 0 Å². The molecule has 0 aromatic carbocycles. The summed E-state index contributed by atoms with van der Waals surface area (Å²) in [5.41, 5.74) is 1.97. The molecule has 1 aromatic heterocycles. The minimum Gasteiger partial charge on any atom is -0.275 e. The molecular formula is C7H9N3. The lowest BCUT2D eigenvalue weighted by Gasteiger charge is -1.84. The van der Waals surface area contributed by atoms with E-state index >= 15 is 0 Å². The summed E-state index contributed by atoms with van der Waals surface area (Å²) in [6.07, 6.45) is 2.32. The zero-order valence-electron chi connectivity index (χ0n) is 6.13. The molecule has 0 radical (unpaired) electrons. The van der Waals surface area contributed by atoms with Crippen LogP contribution < -0.4 is 0 Å². The topological polar surface area (TPSA) is 41.6 Å². The van der Waals surface area contributed by atoms with Gasteiger partial charge in [0.2, 0.25) is 0 Å². The van der Waals surface area contributed by atoms with Gasteiger partial charge in [0.1, 0.15) is 0 Å². The smallest absolute Gasteiger partial charge is 0.0795 e. The van der Waals surface area contributed by atoms with E-state index in [2.05, 4.69) is 11.2 Å². The monoisotopic (exact) mass is 135 g/mol. The van der Waals surface area contributed by atoms with Crippen molar-refractivity contribution in [2.45, 2.75) is 13.3 Å². The summed E-state index contributed by atoms with van der Waals surface area (Å²) in [6, 6.07) is 2.06. The Morgan fingerprint density at radius 1 is 1.80 bits per heavy atom. The molecule has 10 heavy (non-hydrogen) atoms. The van der Waals surface area contributed by atoms with E-state index in [4.69, 9.17) is 5.26 Å². The van der Waals surface area contributed by atoms with Gasteiger partial charge in [0, 0.05) is 13.2 Å². The van der Waals surface area contributed by atoms with Gasteiger partial charge in [-0.2, -0.15) is 10.4 Å². The second-order valence-corrected chi connectivity index (χ2v) is 2.27. The van der Waals surface area contributed by atoms with E-state index in [-0.39, 0.29) is 0 Å². The minimum atomic E-state index is 0.409. The van der Waals surface area contributed by atoms with Crippen LogP contribution in [0.15, 0.2) is 6.20 Å². The van der Waals surface area contributed by atoms with Crippen LogP contribution in [-0.4, -0.2) is 9.78 Å². The fourth-order valence-electron chi connectivity index (χ4n) is 0.903. The van der Waals surface area contributed by atoms with Crippen LogP contribution in [0.3, 0.4) is 0 Å². The van der Waals surface area contributed by atoms with E-state index in [9.17, 15) is 0 Å². The zero-order chi connectivity index (χ0) is 7.56. The molecule has 0 saturated heterocycles. The quantitative estimate of drug-likeness (QED) is 0.571. The van der Waals surface area contributed by atoms with Gasteiger partial charge in [0.05, 0.1) is 18.2 Å². The van der Waals surface area contributed by atoms with Crippen LogP contribution in [0.25, 0.3) is 0 Å². The predicted molar refractivity (Wildman–Crippen MR) is 37.3 cm³/mol. The summed E-state index contributed by atoms with van der Waals surface area (Å²) < 4.78 is 1.72. The number of nitriles is 1. The molecule has 0 amide bonds. The summed E-state index contributed by atoms with van der Waals surface area (Å²) in [7, 11) is 1.86. The van der Waals surface area contributed by atoms with Gasteiger partial charge in [-0.3, -0.25) is 4.68 Å². The van der Waals surface area contributed by atoms with Crippen molar-refractivity contribution in [1.29, 1.82) is 5.26 Å². The molecule has 3 heteroatoms. The molecule has 0 fully saturated rings. The van der Waals surface area contributed by atoms with E-state index < -0.39 is 0 Å². The largest absolute Gasteiger partial charge is 0.275 e. The first-order valence-electron chi connectivity index (χ1n) is 3.10. The third-order valence-corrected chi connectivity index (χ3v) is 1.36. The predicted octanol–water partition coefficient (Wildman–Crippen LogP) is 0.795. The second kappa shape index (κ2) is 2.53. The first-order chi connectivity index (χ1) is 4.74. The number of rotatable bonds is 1. The Hall–Kier alpha value is -1.30. The normalized spacial score (nSPS) is 9.30. The molecule has 0 unspecified atom stereocenters. The molecule has 0 aliphatic heterocycles. The Morgan fingerprint density at radius 3 is 2.90 bits per heavy atom. The zero-order valence-corrected chi connectivity index (χ0v) is 6.13. The van der Waals surface area contributed by atoms with E-state index in [1.807, 2.05) is 20.2 Å². The van der Waals surface area contributed by atoms with Crippen molar-refractivity contribution in [2.24, 2.45) is 7.05 Å². The second-order valence-electron chi connectivity index (χ2n) is 2.27. The third-order valence-electron chi connectivity index (χ3n) is 1.36. The highest BCUT2D eigenvalue weighted by molar-refractivity contribution is 5.17. The maximum Gasteiger partial charge on any atom is 0.0795 e. The minimum absolute atomic E-state index is 0.409. The maximum absolute atomic E-state index is 8.35. The SMILES string of the molecule is Cc1cn(C)nc1CC#N. The Bertz CT molecular complexity index is 267. The van der Waals surface area contributed by atoms with Gasteiger partial charge in [-0.05, 0) is 12.5 Å². The number of nitrogens with zero attached hydrogens (tertiary/aromatic N) is 3. The molecule has 0 aliphatic carbocycles. The number of aromatic nitrogens is 2. The van der Waals surface area contributed by atoms with Crippen LogP contribution in [0.1, 0.15) is 11.3 Å². The lowest BCUT2D eigenvalue weighted by molar-refractivity contribution is 0.751. The summed E-state index contributed by atoms with van der Waals surface area (Å²) in [4.78, 5) is 0. The fraction of sp³-hybridized carbons (Fsp3) is 0.429. The first-order valence-corrected chi connectivity index (χ1v) is 3.10. The highest BCUT2D eigenvalue weighted by Gasteiger charge is 2.00. The van der Waals surface area contributed by atoms with Crippen molar-refractivity contribution in [3.05, 3.63) is 17.5 Å². The Balaban J connectivity index is 2.94. The highest BCUT2D eigenvalue weighted by Crippen LogP contribution is 2.03. The fourth-order valence-corrected chi connectivity index (χ4v) is 0.903. The van der Waals surface area contributed by atoms with Crippen molar-refractivity contribution in [1.82, 2.24) is 9.78 Å². The third kappa shape index (κ3) is 1.16. The Labute approximate surface area is 59.9 Å². The molecule has 1 rings (SSSR count). The highest BCUT2D eigenvalue weighted by atomic mass is 15.2. The van der Waals surface area contributed by atoms with Gasteiger partial charge in [0.15, 0.2) is 0 Å². The van der Waals surface area contributed by atoms with Crippen molar-refractivity contribution in [2.75, 3.05) is 0 Å². The summed E-state index contributed by atoms with van der Waals surface area (Å²) in [5.74, 6) is 0.